The normalized spacial score (nSPS) is 23.6. The smallest absolute Gasteiger partial charge is 0.134 e. The standard InChI is InChI=1S/C17H26ClNO/c1-4-17(2,3)12-5-7-13(8-6-12)19-14-9-10-16(20)15(18)11-14/h9-13,19-20H,4-8H2,1-3H3. The second-order valence-corrected chi connectivity index (χ2v) is 7.11. The zero-order valence-corrected chi connectivity index (χ0v) is 13.5. The summed E-state index contributed by atoms with van der Waals surface area (Å²) in [6.45, 7) is 7.08. The first-order valence-corrected chi connectivity index (χ1v) is 8.05. The van der Waals surface area contributed by atoms with Gasteiger partial charge in [-0.2, -0.15) is 0 Å². The summed E-state index contributed by atoms with van der Waals surface area (Å²) in [6, 6.07) is 5.87. The molecule has 1 aliphatic carbocycles. The lowest BCUT2D eigenvalue weighted by Crippen LogP contribution is -2.32. The van der Waals surface area contributed by atoms with Gasteiger partial charge in [0.05, 0.1) is 5.02 Å². The number of anilines is 1. The van der Waals surface area contributed by atoms with Crippen molar-refractivity contribution in [2.75, 3.05) is 5.32 Å². The van der Waals surface area contributed by atoms with E-state index in [2.05, 4.69) is 26.1 Å². The number of hydrogen-bond acceptors (Lipinski definition) is 2. The molecule has 3 heteroatoms. The minimum Gasteiger partial charge on any atom is -0.506 e. The van der Waals surface area contributed by atoms with Crippen molar-refractivity contribution in [2.45, 2.75) is 58.9 Å². The molecule has 0 unspecified atom stereocenters. The number of halogens is 1. The molecular formula is C17H26ClNO. The van der Waals surface area contributed by atoms with Crippen LogP contribution in [0.2, 0.25) is 5.02 Å². The van der Waals surface area contributed by atoms with Crippen LogP contribution in [0.15, 0.2) is 18.2 Å². The van der Waals surface area contributed by atoms with E-state index in [1.165, 1.54) is 32.1 Å². The summed E-state index contributed by atoms with van der Waals surface area (Å²) in [4.78, 5) is 0. The van der Waals surface area contributed by atoms with Gasteiger partial charge in [-0.15, -0.1) is 0 Å². The fourth-order valence-corrected chi connectivity index (χ4v) is 3.32. The number of benzene rings is 1. The summed E-state index contributed by atoms with van der Waals surface area (Å²) in [6.07, 6.45) is 6.27. The van der Waals surface area contributed by atoms with Crippen molar-refractivity contribution in [3.8, 4) is 5.75 Å². The minimum absolute atomic E-state index is 0.144. The minimum atomic E-state index is 0.144. The fourth-order valence-electron chi connectivity index (χ4n) is 3.14. The topological polar surface area (TPSA) is 32.3 Å². The molecule has 1 aromatic rings. The van der Waals surface area contributed by atoms with E-state index >= 15 is 0 Å². The lowest BCUT2D eigenvalue weighted by molar-refractivity contribution is 0.147. The molecule has 0 saturated heterocycles. The maximum Gasteiger partial charge on any atom is 0.134 e. The molecule has 0 aliphatic heterocycles. The summed E-state index contributed by atoms with van der Waals surface area (Å²) in [5, 5.41) is 13.4. The first-order valence-electron chi connectivity index (χ1n) is 7.67. The Morgan fingerprint density at radius 1 is 1.25 bits per heavy atom. The van der Waals surface area contributed by atoms with E-state index < -0.39 is 0 Å². The van der Waals surface area contributed by atoms with Gasteiger partial charge in [-0.3, -0.25) is 0 Å². The molecule has 1 saturated carbocycles. The molecule has 1 fully saturated rings. The molecule has 2 N–H and O–H groups in total. The van der Waals surface area contributed by atoms with E-state index in [1.54, 1.807) is 12.1 Å². The molecule has 0 heterocycles. The number of hydrogen-bond donors (Lipinski definition) is 2. The molecule has 20 heavy (non-hydrogen) atoms. The molecule has 0 atom stereocenters. The Hall–Kier alpha value is -0.890. The van der Waals surface area contributed by atoms with Gasteiger partial charge in [-0.25, -0.2) is 0 Å². The van der Waals surface area contributed by atoms with Crippen molar-refractivity contribution in [3.63, 3.8) is 0 Å². The van der Waals surface area contributed by atoms with Crippen LogP contribution in [-0.2, 0) is 0 Å². The highest BCUT2D eigenvalue weighted by atomic mass is 35.5. The quantitative estimate of drug-likeness (QED) is 0.724. The summed E-state index contributed by atoms with van der Waals surface area (Å²) in [7, 11) is 0. The van der Waals surface area contributed by atoms with E-state index in [1.807, 2.05) is 6.07 Å². The van der Waals surface area contributed by atoms with E-state index in [-0.39, 0.29) is 5.75 Å². The summed E-state index contributed by atoms with van der Waals surface area (Å²) in [5.41, 5.74) is 1.47. The maximum absolute atomic E-state index is 9.44. The maximum atomic E-state index is 9.44. The van der Waals surface area contributed by atoms with Crippen molar-refractivity contribution in [1.82, 2.24) is 0 Å². The number of phenols is 1. The molecule has 0 amide bonds. The van der Waals surface area contributed by atoms with Crippen molar-refractivity contribution in [1.29, 1.82) is 0 Å². The van der Waals surface area contributed by atoms with Crippen LogP contribution in [0.4, 0.5) is 5.69 Å². The number of nitrogens with one attached hydrogen (secondary N) is 1. The third-order valence-corrected chi connectivity index (χ3v) is 5.36. The summed E-state index contributed by atoms with van der Waals surface area (Å²) in [5.74, 6) is 0.986. The van der Waals surface area contributed by atoms with E-state index in [4.69, 9.17) is 11.6 Å². The monoisotopic (exact) mass is 295 g/mol. The first-order chi connectivity index (χ1) is 9.42. The Morgan fingerprint density at radius 3 is 2.45 bits per heavy atom. The van der Waals surface area contributed by atoms with Gasteiger partial charge in [0, 0.05) is 11.7 Å². The molecule has 0 bridgehead atoms. The Kier molecular flexibility index (Phi) is 4.85. The van der Waals surface area contributed by atoms with Gasteiger partial charge in [0.25, 0.3) is 0 Å². The SMILES string of the molecule is CCC(C)(C)C1CCC(Nc2ccc(O)c(Cl)c2)CC1. The second kappa shape index (κ2) is 6.26. The highest BCUT2D eigenvalue weighted by molar-refractivity contribution is 6.32. The molecule has 112 valence electrons. The second-order valence-electron chi connectivity index (χ2n) is 6.70. The summed E-state index contributed by atoms with van der Waals surface area (Å²) >= 11 is 5.94. The van der Waals surface area contributed by atoms with Gasteiger partial charge in [-0.05, 0) is 55.2 Å². The van der Waals surface area contributed by atoms with Crippen LogP contribution in [0.5, 0.6) is 5.75 Å². The third kappa shape index (κ3) is 3.60. The van der Waals surface area contributed by atoms with Gasteiger partial charge in [-0.1, -0.05) is 38.8 Å². The largest absolute Gasteiger partial charge is 0.506 e. The van der Waals surface area contributed by atoms with Crippen LogP contribution in [0, 0.1) is 11.3 Å². The molecular weight excluding hydrogens is 270 g/mol. The van der Waals surface area contributed by atoms with Crippen LogP contribution in [0.25, 0.3) is 0 Å². The van der Waals surface area contributed by atoms with Gasteiger partial charge in [0.2, 0.25) is 0 Å². The molecule has 2 nitrogen and oxygen atoms in total. The van der Waals surface area contributed by atoms with Gasteiger partial charge < -0.3 is 10.4 Å². The highest BCUT2D eigenvalue weighted by Gasteiger charge is 2.31. The van der Waals surface area contributed by atoms with Crippen molar-refractivity contribution >= 4 is 17.3 Å². The first kappa shape index (κ1) is 15.5. The lowest BCUT2D eigenvalue weighted by atomic mass is 9.69. The fraction of sp³-hybridized carbons (Fsp3) is 0.647. The average Bonchev–Trinajstić information content (AvgIpc) is 2.43. The Balaban J connectivity index is 1.90. The van der Waals surface area contributed by atoms with E-state index in [0.717, 1.165) is 11.6 Å². The molecule has 0 aromatic heterocycles. The van der Waals surface area contributed by atoms with Crippen LogP contribution in [0.1, 0.15) is 52.9 Å². The molecule has 2 rings (SSSR count). The molecule has 1 aromatic carbocycles. The van der Waals surface area contributed by atoms with Crippen LogP contribution < -0.4 is 5.32 Å². The van der Waals surface area contributed by atoms with Crippen LogP contribution in [0.3, 0.4) is 0 Å². The third-order valence-electron chi connectivity index (χ3n) is 5.06. The number of phenolic OH excluding ortho intramolecular Hbond substituents is 1. The zero-order chi connectivity index (χ0) is 14.8. The Morgan fingerprint density at radius 2 is 1.90 bits per heavy atom. The lowest BCUT2D eigenvalue weighted by Gasteiger charge is -2.39. The van der Waals surface area contributed by atoms with Crippen molar-refractivity contribution in [2.24, 2.45) is 11.3 Å². The van der Waals surface area contributed by atoms with E-state index in [9.17, 15) is 5.11 Å². The zero-order valence-electron chi connectivity index (χ0n) is 12.7. The number of aromatic hydroxyl groups is 1. The van der Waals surface area contributed by atoms with Crippen LogP contribution in [-0.4, -0.2) is 11.1 Å². The van der Waals surface area contributed by atoms with E-state index in [0.29, 0.717) is 16.5 Å². The van der Waals surface area contributed by atoms with Gasteiger partial charge in [0.15, 0.2) is 0 Å². The molecule has 1 aliphatic rings. The molecule has 0 spiro atoms. The summed E-state index contributed by atoms with van der Waals surface area (Å²) < 4.78 is 0. The van der Waals surface area contributed by atoms with Gasteiger partial charge in [0.1, 0.15) is 5.75 Å². The van der Waals surface area contributed by atoms with Crippen LogP contribution >= 0.6 is 11.6 Å². The Labute approximate surface area is 127 Å². The predicted molar refractivity (Wildman–Crippen MR) is 86.6 cm³/mol. The highest BCUT2D eigenvalue weighted by Crippen LogP contribution is 2.41. The molecule has 0 radical (unpaired) electrons. The van der Waals surface area contributed by atoms with Crippen molar-refractivity contribution < 1.29 is 5.11 Å². The predicted octanol–water partition coefficient (Wildman–Crippen LogP) is 5.45. The number of rotatable bonds is 4. The van der Waals surface area contributed by atoms with Crippen molar-refractivity contribution in [3.05, 3.63) is 23.2 Å². The average molecular weight is 296 g/mol. The van der Waals surface area contributed by atoms with Gasteiger partial charge >= 0.3 is 0 Å². The Bertz CT molecular complexity index is 450.